The number of ether oxygens (including phenoxy) is 4. The molecular weight excluding hydrogens is 362 g/mol. The molecule has 5 nitrogen and oxygen atoms in total. The molecule has 122 valence electrons. The highest BCUT2D eigenvalue weighted by Crippen LogP contribution is 2.37. The molecule has 0 saturated carbocycles. The number of fused-ring (bicyclic) bond motifs is 1. The summed E-state index contributed by atoms with van der Waals surface area (Å²) in [5, 5.41) is 3.37. The Morgan fingerprint density at radius 2 is 2.00 bits per heavy atom. The summed E-state index contributed by atoms with van der Waals surface area (Å²) in [5.74, 6) is 2.98. The van der Waals surface area contributed by atoms with Gasteiger partial charge < -0.3 is 24.3 Å². The van der Waals surface area contributed by atoms with E-state index in [9.17, 15) is 0 Å². The average molecular weight is 380 g/mol. The van der Waals surface area contributed by atoms with Gasteiger partial charge in [-0.05, 0) is 52.7 Å². The Morgan fingerprint density at radius 3 is 2.78 bits per heavy atom. The Labute approximate surface area is 143 Å². The quantitative estimate of drug-likeness (QED) is 0.814. The van der Waals surface area contributed by atoms with Crippen LogP contribution in [0.5, 0.6) is 23.0 Å². The second-order valence-electron chi connectivity index (χ2n) is 4.96. The van der Waals surface area contributed by atoms with E-state index in [0.717, 1.165) is 33.0 Å². The lowest BCUT2D eigenvalue weighted by Crippen LogP contribution is -2.02. The van der Waals surface area contributed by atoms with Crippen molar-refractivity contribution < 1.29 is 18.9 Å². The van der Waals surface area contributed by atoms with Gasteiger partial charge in [-0.25, -0.2) is 0 Å². The molecule has 3 rings (SSSR count). The minimum atomic E-state index is 0.280. The standard InChI is InChI=1S/C17H18BrNO4/c1-3-21-16-7-11(6-13(18)17(16)20-2)9-19-12-4-5-14-15(8-12)23-10-22-14/h4-8,19H,3,9-10H2,1-2H3. The molecule has 0 saturated heterocycles. The van der Waals surface area contributed by atoms with Crippen LogP contribution in [0.25, 0.3) is 0 Å². The van der Waals surface area contributed by atoms with Gasteiger partial charge in [-0.1, -0.05) is 0 Å². The van der Waals surface area contributed by atoms with Gasteiger partial charge in [-0.2, -0.15) is 0 Å². The summed E-state index contributed by atoms with van der Waals surface area (Å²) in [4.78, 5) is 0. The maximum absolute atomic E-state index is 5.64. The second kappa shape index (κ2) is 7.00. The lowest BCUT2D eigenvalue weighted by Gasteiger charge is -2.14. The first-order valence-corrected chi connectivity index (χ1v) is 8.13. The van der Waals surface area contributed by atoms with Gasteiger partial charge in [-0.15, -0.1) is 0 Å². The largest absolute Gasteiger partial charge is 0.492 e. The number of hydrogen-bond donors (Lipinski definition) is 1. The molecule has 2 aromatic rings. The number of rotatable bonds is 6. The molecule has 0 aromatic heterocycles. The van der Waals surface area contributed by atoms with Gasteiger partial charge in [0.15, 0.2) is 23.0 Å². The van der Waals surface area contributed by atoms with Crippen molar-refractivity contribution in [3.63, 3.8) is 0 Å². The zero-order valence-electron chi connectivity index (χ0n) is 13.0. The van der Waals surface area contributed by atoms with Gasteiger partial charge in [0.1, 0.15) is 0 Å². The molecule has 1 aliphatic heterocycles. The molecular formula is C17H18BrNO4. The monoisotopic (exact) mass is 379 g/mol. The van der Waals surface area contributed by atoms with Crippen LogP contribution in [-0.4, -0.2) is 20.5 Å². The van der Waals surface area contributed by atoms with Crippen molar-refractivity contribution in [2.75, 3.05) is 25.8 Å². The lowest BCUT2D eigenvalue weighted by atomic mass is 10.2. The van der Waals surface area contributed by atoms with Crippen LogP contribution in [-0.2, 0) is 6.54 Å². The van der Waals surface area contributed by atoms with Crippen molar-refractivity contribution in [2.45, 2.75) is 13.5 Å². The van der Waals surface area contributed by atoms with E-state index in [4.69, 9.17) is 18.9 Å². The third-order valence-corrected chi connectivity index (χ3v) is 4.03. The van der Waals surface area contributed by atoms with E-state index in [1.807, 2.05) is 37.3 Å². The summed E-state index contributed by atoms with van der Waals surface area (Å²) >= 11 is 3.53. The molecule has 1 heterocycles. The minimum Gasteiger partial charge on any atom is -0.492 e. The summed E-state index contributed by atoms with van der Waals surface area (Å²) < 4.78 is 22.6. The first-order chi connectivity index (χ1) is 11.2. The number of halogens is 1. The van der Waals surface area contributed by atoms with Crippen molar-refractivity contribution in [1.29, 1.82) is 0 Å². The Morgan fingerprint density at radius 1 is 1.17 bits per heavy atom. The van der Waals surface area contributed by atoms with Crippen molar-refractivity contribution in [3.05, 3.63) is 40.4 Å². The van der Waals surface area contributed by atoms with E-state index >= 15 is 0 Å². The van der Waals surface area contributed by atoms with Gasteiger partial charge >= 0.3 is 0 Å². The number of nitrogens with one attached hydrogen (secondary N) is 1. The predicted molar refractivity (Wildman–Crippen MR) is 91.8 cm³/mol. The zero-order valence-corrected chi connectivity index (χ0v) is 14.6. The van der Waals surface area contributed by atoms with Gasteiger partial charge in [0.2, 0.25) is 6.79 Å². The molecule has 2 aromatic carbocycles. The molecule has 0 amide bonds. The fraction of sp³-hybridized carbons (Fsp3) is 0.294. The Balaban J connectivity index is 1.75. The maximum Gasteiger partial charge on any atom is 0.231 e. The highest BCUT2D eigenvalue weighted by atomic mass is 79.9. The Kier molecular flexibility index (Phi) is 4.81. The van der Waals surface area contributed by atoms with Crippen LogP contribution < -0.4 is 24.3 Å². The molecule has 0 radical (unpaired) electrons. The zero-order chi connectivity index (χ0) is 16.2. The van der Waals surface area contributed by atoms with Crippen LogP contribution in [0.3, 0.4) is 0 Å². The molecule has 1 aliphatic rings. The van der Waals surface area contributed by atoms with Crippen molar-refractivity contribution in [3.8, 4) is 23.0 Å². The molecule has 1 N–H and O–H groups in total. The van der Waals surface area contributed by atoms with Gasteiger partial charge in [0.05, 0.1) is 18.2 Å². The SMILES string of the molecule is CCOc1cc(CNc2ccc3c(c2)OCO3)cc(Br)c1OC. The van der Waals surface area contributed by atoms with E-state index in [-0.39, 0.29) is 6.79 Å². The molecule has 0 unspecified atom stereocenters. The highest BCUT2D eigenvalue weighted by molar-refractivity contribution is 9.10. The second-order valence-corrected chi connectivity index (χ2v) is 5.82. The molecule has 0 spiro atoms. The molecule has 0 atom stereocenters. The summed E-state index contributed by atoms with van der Waals surface area (Å²) in [7, 11) is 1.63. The number of methoxy groups -OCH3 is 1. The van der Waals surface area contributed by atoms with Gasteiger partial charge in [-0.3, -0.25) is 0 Å². The van der Waals surface area contributed by atoms with Gasteiger partial charge in [0, 0.05) is 18.3 Å². The van der Waals surface area contributed by atoms with Crippen molar-refractivity contribution in [1.82, 2.24) is 0 Å². The third kappa shape index (κ3) is 3.47. The number of hydrogen-bond acceptors (Lipinski definition) is 5. The van der Waals surface area contributed by atoms with E-state index in [1.54, 1.807) is 7.11 Å². The van der Waals surface area contributed by atoms with Crippen LogP contribution in [0, 0.1) is 0 Å². The van der Waals surface area contributed by atoms with Crippen LogP contribution in [0.15, 0.2) is 34.8 Å². The Bertz CT molecular complexity index is 705. The lowest BCUT2D eigenvalue weighted by molar-refractivity contribution is 0.174. The summed E-state index contributed by atoms with van der Waals surface area (Å²) in [6.45, 7) is 3.47. The normalized spacial score (nSPS) is 12.1. The summed E-state index contributed by atoms with van der Waals surface area (Å²) in [6, 6.07) is 9.80. The van der Waals surface area contributed by atoms with Crippen molar-refractivity contribution in [2.24, 2.45) is 0 Å². The minimum absolute atomic E-state index is 0.280. The third-order valence-electron chi connectivity index (χ3n) is 3.44. The van der Waals surface area contributed by atoms with Crippen LogP contribution in [0.4, 0.5) is 5.69 Å². The van der Waals surface area contributed by atoms with Crippen LogP contribution >= 0.6 is 15.9 Å². The first-order valence-electron chi connectivity index (χ1n) is 7.34. The average Bonchev–Trinajstić information content (AvgIpc) is 3.01. The molecule has 0 fully saturated rings. The van der Waals surface area contributed by atoms with E-state index in [1.165, 1.54) is 0 Å². The smallest absolute Gasteiger partial charge is 0.231 e. The summed E-state index contributed by atoms with van der Waals surface area (Å²) in [5.41, 5.74) is 2.05. The van der Waals surface area contributed by atoms with Crippen LogP contribution in [0.2, 0.25) is 0 Å². The number of anilines is 1. The molecule has 6 heteroatoms. The fourth-order valence-corrected chi connectivity index (χ4v) is 3.05. The predicted octanol–water partition coefficient (Wildman–Crippen LogP) is 4.20. The molecule has 23 heavy (non-hydrogen) atoms. The van der Waals surface area contributed by atoms with E-state index in [0.29, 0.717) is 18.9 Å². The fourth-order valence-electron chi connectivity index (χ4n) is 2.40. The Hall–Kier alpha value is -2.08. The highest BCUT2D eigenvalue weighted by Gasteiger charge is 2.14. The topological polar surface area (TPSA) is 49.0 Å². The van der Waals surface area contributed by atoms with Crippen LogP contribution in [0.1, 0.15) is 12.5 Å². The molecule has 0 bridgehead atoms. The molecule has 0 aliphatic carbocycles. The van der Waals surface area contributed by atoms with E-state index < -0.39 is 0 Å². The number of benzene rings is 2. The summed E-state index contributed by atoms with van der Waals surface area (Å²) in [6.07, 6.45) is 0. The first kappa shape index (κ1) is 15.8. The maximum atomic E-state index is 5.64. The van der Waals surface area contributed by atoms with Gasteiger partial charge in [0.25, 0.3) is 0 Å². The van der Waals surface area contributed by atoms with Crippen molar-refractivity contribution >= 4 is 21.6 Å². The van der Waals surface area contributed by atoms with E-state index in [2.05, 4.69) is 21.2 Å².